The summed E-state index contributed by atoms with van der Waals surface area (Å²) in [6.45, 7) is 0.421. The molecule has 4 nitrogen and oxygen atoms in total. The molecule has 0 spiro atoms. The van der Waals surface area contributed by atoms with Gasteiger partial charge in [-0.2, -0.15) is 0 Å². The molecule has 0 aliphatic heterocycles. The molecule has 2 rings (SSSR count). The van der Waals surface area contributed by atoms with Crippen LogP contribution in [0.15, 0.2) is 4.79 Å². The Balaban J connectivity index is 2.33. The van der Waals surface area contributed by atoms with E-state index < -0.39 is 0 Å². The predicted octanol–water partition coefficient (Wildman–Crippen LogP) is 0.429. The standard InChI is InChI=1S/C8H13N3O/c9-4-6-7(5-2-1-3-5)11-8(12)10-6/h5H,1-4,9H2,(H2,10,11,12). The van der Waals surface area contributed by atoms with Crippen molar-refractivity contribution in [3.63, 3.8) is 0 Å². The maximum atomic E-state index is 10.9. The van der Waals surface area contributed by atoms with Crippen molar-refractivity contribution >= 4 is 0 Å². The first-order valence-corrected chi connectivity index (χ1v) is 4.32. The summed E-state index contributed by atoms with van der Waals surface area (Å²) in [5.74, 6) is 0.544. The maximum absolute atomic E-state index is 10.9. The van der Waals surface area contributed by atoms with Crippen molar-refractivity contribution < 1.29 is 0 Å². The Kier molecular flexibility index (Phi) is 1.77. The van der Waals surface area contributed by atoms with Crippen molar-refractivity contribution in [3.8, 4) is 0 Å². The number of hydrogen-bond acceptors (Lipinski definition) is 2. The normalized spacial score (nSPS) is 17.8. The number of nitrogens with one attached hydrogen (secondary N) is 2. The predicted molar refractivity (Wildman–Crippen MR) is 45.9 cm³/mol. The van der Waals surface area contributed by atoms with Crippen LogP contribution in [0.3, 0.4) is 0 Å². The SMILES string of the molecule is NCc1[nH]c(=O)[nH]c1C1CCC1. The van der Waals surface area contributed by atoms with Crippen LogP contribution in [0.25, 0.3) is 0 Å². The summed E-state index contributed by atoms with van der Waals surface area (Å²) in [6.07, 6.45) is 3.63. The lowest BCUT2D eigenvalue weighted by atomic mass is 9.82. The van der Waals surface area contributed by atoms with E-state index >= 15 is 0 Å². The zero-order valence-corrected chi connectivity index (χ0v) is 6.89. The fourth-order valence-corrected chi connectivity index (χ4v) is 1.64. The van der Waals surface area contributed by atoms with Crippen LogP contribution in [-0.2, 0) is 6.54 Å². The molecule has 1 aliphatic carbocycles. The van der Waals surface area contributed by atoms with Crippen molar-refractivity contribution in [1.82, 2.24) is 9.97 Å². The van der Waals surface area contributed by atoms with Crippen molar-refractivity contribution in [2.24, 2.45) is 5.73 Å². The van der Waals surface area contributed by atoms with E-state index in [-0.39, 0.29) is 5.69 Å². The number of nitrogens with two attached hydrogens (primary N) is 1. The molecule has 1 heterocycles. The van der Waals surface area contributed by atoms with Crippen molar-refractivity contribution in [1.29, 1.82) is 0 Å². The number of aromatic nitrogens is 2. The molecule has 1 fully saturated rings. The van der Waals surface area contributed by atoms with Crippen LogP contribution in [0, 0.1) is 0 Å². The van der Waals surface area contributed by atoms with Crippen LogP contribution >= 0.6 is 0 Å². The number of hydrogen-bond donors (Lipinski definition) is 3. The second-order valence-corrected chi connectivity index (χ2v) is 3.30. The summed E-state index contributed by atoms with van der Waals surface area (Å²) in [4.78, 5) is 16.5. The molecule has 0 bridgehead atoms. The van der Waals surface area contributed by atoms with Crippen LogP contribution < -0.4 is 11.4 Å². The number of imidazole rings is 1. The third-order valence-electron chi connectivity index (χ3n) is 2.56. The molecule has 0 unspecified atom stereocenters. The molecule has 1 saturated carbocycles. The lowest BCUT2D eigenvalue weighted by Gasteiger charge is -2.24. The van der Waals surface area contributed by atoms with Crippen LogP contribution in [0.1, 0.15) is 36.6 Å². The highest BCUT2D eigenvalue weighted by atomic mass is 16.1. The Morgan fingerprint density at radius 3 is 2.67 bits per heavy atom. The Morgan fingerprint density at radius 2 is 2.17 bits per heavy atom. The highest BCUT2D eigenvalue weighted by Gasteiger charge is 2.23. The number of aromatic amines is 2. The van der Waals surface area contributed by atoms with Gasteiger partial charge >= 0.3 is 5.69 Å². The van der Waals surface area contributed by atoms with Gasteiger partial charge in [0.15, 0.2) is 0 Å². The first-order chi connectivity index (χ1) is 5.81. The lowest BCUT2D eigenvalue weighted by Crippen LogP contribution is -2.13. The molecule has 1 aliphatic rings. The summed E-state index contributed by atoms with van der Waals surface area (Å²) in [5.41, 5.74) is 7.28. The minimum atomic E-state index is -0.127. The smallest absolute Gasteiger partial charge is 0.323 e. The Morgan fingerprint density at radius 1 is 1.42 bits per heavy atom. The van der Waals surface area contributed by atoms with Gasteiger partial charge in [0.2, 0.25) is 0 Å². The summed E-state index contributed by atoms with van der Waals surface area (Å²) in [5, 5.41) is 0. The topological polar surface area (TPSA) is 74.7 Å². The Bertz CT molecular complexity index is 321. The molecule has 1 aromatic heterocycles. The van der Waals surface area contributed by atoms with Gasteiger partial charge in [-0.25, -0.2) is 4.79 Å². The molecular weight excluding hydrogens is 154 g/mol. The molecule has 0 radical (unpaired) electrons. The molecular formula is C8H13N3O. The molecule has 4 N–H and O–H groups in total. The summed E-state index contributed by atoms with van der Waals surface area (Å²) < 4.78 is 0. The number of H-pyrrole nitrogens is 2. The highest BCUT2D eigenvalue weighted by molar-refractivity contribution is 5.18. The van der Waals surface area contributed by atoms with Gasteiger partial charge in [0.1, 0.15) is 0 Å². The van der Waals surface area contributed by atoms with Crippen LogP contribution in [-0.4, -0.2) is 9.97 Å². The molecule has 0 aromatic carbocycles. The summed E-state index contributed by atoms with van der Waals surface area (Å²) in [6, 6.07) is 0. The van der Waals surface area contributed by atoms with Gasteiger partial charge in [-0.15, -0.1) is 0 Å². The van der Waals surface area contributed by atoms with Crippen LogP contribution in [0.2, 0.25) is 0 Å². The monoisotopic (exact) mass is 167 g/mol. The van der Waals surface area contributed by atoms with Crippen LogP contribution in [0.5, 0.6) is 0 Å². The second-order valence-electron chi connectivity index (χ2n) is 3.30. The summed E-state index contributed by atoms with van der Waals surface area (Å²) in [7, 11) is 0. The minimum Gasteiger partial charge on any atom is -0.325 e. The minimum absolute atomic E-state index is 0.127. The van der Waals surface area contributed by atoms with Gasteiger partial charge in [-0.05, 0) is 12.8 Å². The van der Waals surface area contributed by atoms with Gasteiger partial charge in [0, 0.05) is 18.2 Å². The van der Waals surface area contributed by atoms with Gasteiger partial charge in [-0.1, -0.05) is 6.42 Å². The van der Waals surface area contributed by atoms with E-state index in [0.717, 1.165) is 11.4 Å². The van der Waals surface area contributed by atoms with Crippen molar-refractivity contribution in [3.05, 3.63) is 21.9 Å². The zero-order valence-electron chi connectivity index (χ0n) is 6.89. The molecule has 12 heavy (non-hydrogen) atoms. The summed E-state index contributed by atoms with van der Waals surface area (Å²) >= 11 is 0. The largest absolute Gasteiger partial charge is 0.325 e. The van der Waals surface area contributed by atoms with Gasteiger partial charge in [0.25, 0.3) is 0 Å². The Labute approximate surface area is 70.2 Å². The third-order valence-corrected chi connectivity index (χ3v) is 2.56. The van der Waals surface area contributed by atoms with E-state index in [1.807, 2.05) is 0 Å². The average molecular weight is 167 g/mol. The lowest BCUT2D eigenvalue weighted by molar-refractivity contribution is 0.409. The van der Waals surface area contributed by atoms with E-state index in [4.69, 9.17) is 5.73 Å². The first-order valence-electron chi connectivity index (χ1n) is 4.32. The second kappa shape index (κ2) is 2.79. The molecule has 0 saturated heterocycles. The van der Waals surface area contributed by atoms with Crippen LogP contribution in [0.4, 0.5) is 0 Å². The molecule has 0 amide bonds. The molecule has 1 aromatic rings. The number of rotatable bonds is 2. The fourth-order valence-electron chi connectivity index (χ4n) is 1.64. The van der Waals surface area contributed by atoms with E-state index in [0.29, 0.717) is 12.5 Å². The fraction of sp³-hybridized carbons (Fsp3) is 0.625. The van der Waals surface area contributed by atoms with Gasteiger partial charge < -0.3 is 15.7 Å². The molecule has 66 valence electrons. The van der Waals surface area contributed by atoms with Gasteiger partial charge in [-0.3, -0.25) is 0 Å². The van der Waals surface area contributed by atoms with Gasteiger partial charge in [0.05, 0.1) is 5.69 Å². The maximum Gasteiger partial charge on any atom is 0.323 e. The van der Waals surface area contributed by atoms with E-state index in [1.54, 1.807) is 0 Å². The van der Waals surface area contributed by atoms with Crippen molar-refractivity contribution in [2.75, 3.05) is 0 Å². The molecule has 0 atom stereocenters. The Hall–Kier alpha value is -1.03. The highest BCUT2D eigenvalue weighted by Crippen LogP contribution is 2.35. The molecule has 4 heteroatoms. The zero-order chi connectivity index (χ0) is 8.55. The third kappa shape index (κ3) is 1.08. The first kappa shape index (κ1) is 7.61. The average Bonchev–Trinajstić information content (AvgIpc) is 2.27. The quantitative estimate of drug-likeness (QED) is 0.597. The van der Waals surface area contributed by atoms with E-state index in [2.05, 4.69) is 9.97 Å². The van der Waals surface area contributed by atoms with Crippen molar-refractivity contribution in [2.45, 2.75) is 31.7 Å². The van der Waals surface area contributed by atoms with E-state index in [1.165, 1.54) is 19.3 Å². The van der Waals surface area contributed by atoms with E-state index in [9.17, 15) is 4.79 Å².